The summed E-state index contributed by atoms with van der Waals surface area (Å²) < 4.78 is 24.2. The predicted molar refractivity (Wildman–Crippen MR) is 124 cm³/mol. The summed E-state index contributed by atoms with van der Waals surface area (Å²) in [6, 6.07) is 5.55. The fraction of sp³-hybridized carbons (Fsp3) is 0.381. The first-order chi connectivity index (χ1) is 15.1. The normalized spacial score (nSPS) is 14.0. The Hall–Kier alpha value is -2.60. The minimum Gasteiger partial charge on any atom is -0.325 e. The number of nitrogens with two attached hydrogens (primary N) is 1. The van der Waals surface area contributed by atoms with E-state index in [1.165, 1.54) is 33.7 Å². The van der Waals surface area contributed by atoms with Gasteiger partial charge < -0.3 is 10.2 Å². The Morgan fingerprint density at radius 2 is 1.91 bits per heavy atom. The second-order valence-electron chi connectivity index (χ2n) is 8.17. The summed E-state index contributed by atoms with van der Waals surface area (Å²) in [6.45, 7) is 0.233. The van der Waals surface area contributed by atoms with Crippen LogP contribution in [0.25, 0.3) is 10.2 Å². The lowest BCUT2D eigenvalue weighted by atomic mass is 9.97. The van der Waals surface area contributed by atoms with E-state index in [2.05, 4.69) is 5.32 Å². The molecule has 0 saturated heterocycles. The van der Waals surface area contributed by atoms with Gasteiger partial charge in [-0.05, 0) is 69.6 Å². The van der Waals surface area contributed by atoms with Crippen molar-refractivity contribution in [1.82, 2.24) is 14.5 Å². The van der Waals surface area contributed by atoms with Gasteiger partial charge in [-0.15, -0.1) is 11.3 Å². The van der Waals surface area contributed by atoms with Crippen LogP contribution in [0.15, 0.2) is 34.0 Å². The molecule has 1 amide bonds. The molecule has 0 atom stereocenters. The van der Waals surface area contributed by atoms with Gasteiger partial charge in [-0.25, -0.2) is 18.5 Å². The van der Waals surface area contributed by atoms with Crippen LogP contribution in [-0.2, 0) is 40.7 Å². The summed E-state index contributed by atoms with van der Waals surface area (Å²) in [4.78, 5) is 34.8. The van der Waals surface area contributed by atoms with E-state index < -0.39 is 15.9 Å². The van der Waals surface area contributed by atoms with Crippen molar-refractivity contribution in [2.24, 2.45) is 5.14 Å². The number of amides is 1. The van der Waals surface area contributed by atoms with E-state index in [1.54, 1.807) is 11.3 Å². The maximum atomic E-state index is 13.5. The smallest absolute Gasteiger partial charge is 0.263 e. The standard InChI is InChI=1S/C21H25N5O4S2/c1-25(2)11-17-24-20-19(15-5-3-4-6-16(15)31-20)21(28)26(17)12-18(27)23-13-7-9-14(10-8-13)32(22,29)30/h7-10H,3-6,11-12H2,1-2H3,(H,23,27)(H2,22,29,30). The number of benzene rings is 1. The zero-order valence-electron chi connectivity index (χ0n) is 17.9. The molecule has 9 nitrogen and oxygen atoms in total. The summed E-state index contributed by atoms with van der Waals surface area (Å²) in [5.41, 5.74) is 1.30. The first-order valence-electron chi connectivity index (χ1n) is 10.2. The molecule has 0 unspecified atom stereocenters. The number of carbonyl (C=O) groups is 1. The molecule has 0 bridgehead atoms. The number of sulfonamides is 1. The van der Waals surface area contributed by atoms with Gasteiger partial charge in [0, 0.05) is 10.6 Å². The second-order valence-corrected chi connectivity index (χ2v) is 10.8. The van der Waals surface area contributed by atoms with Crippen LogP contribution < -0.4 is 16.0 Å². The largest absolute Gasteiger partial charge is 0.325 e. The Morgan fingerprint density at radius 3 is 2.56 bits per heavy atom. The molecule has 2 heterocycles. The van der Waals surface area contributed by atoms with E-state index in [4.69, 9.17) is 10.1 Å². The van der Waals surface area contributed by atoms with Gasteiger partial charge in [-0.2, -0.15) is 0 Å². The molecule has 0 fully saturated rings. The van der Waals surface area contributed by atoms with Crippen molar-refractivity contribution in [2.75, 3.05) is 19.4 Å². The average molecular weight is 476 g/mol. The van der Waals surface area contributed by atoms with Gasteiger partial charge in [0.15, 0.2) is 0 Å². The van der Waals surface area contributed by atoms with Crippen molar-refractivity contribution in [3.63, 3.8) is 0 Å². The number of nitrogens with one attached hydrogen (secondary N) is 1. The molecular formula is C21H25N5O4S2. The molecule has 0 radical (unpaired) electrons. The van der Waals surface area contributed by atoms with Gasteiger partial charge in [-0.3, -0.25) is 14.2 Å². The number of thiophene rings is 1. The number of carbonyl (C=O) groups excluding carboxylic acids is 1. The Kier molecular flexibility index (Phi) is 6.17. The monoisotopic (exact) mass is 475 g/mol. The fourth-order valence-electron chi connectivity index (χ4n) is 3.92. The lowest BCUT2D eigenvalue weighted by Crippen LogP contribution is -2.33. The van der Waals surface area contributed by atoms with Crippen molar-refractivity contribution in [1.29, 1.82) is 0 Å². The minimum atomic E-state index is -3.81. The fourth-order valence-corrected chi connectivity index (χ4v) is 5.71. The molecule has 4 rings (SSSR count). The van der Waals surface area contributed by atoms with Gasteiger partial charge >= 0.3 is 0 Å². The van der Waals surface area contributed by atoms with Crippen LogP contribution in [0.2, 0.25) is 0 Å². The molecule has 2 aromatic heterocycles. The highest BCUT2D eigenvalue weighted by atomic mass is 32.2. The highest BCUT2D eigenvalue weighted by Gasteiger charge is 2.23. The maximum absolute atomic E-state index is 13.5. The topological polar surface area (TPSA) is 127 Å². The van der Waals surface area contributed by atoms with Crippen LogP contribution in [-0.4, -0.2) is 42.9 Å². The number of hydrogen-bond acceptors (Lipinski definition) is 7. The Morgan fingerprint density at radius 1 is 1.22 bits per heavy atom. The molecule has 3 N–H and O–H groups in total. The summed E-state index contributed by atoms with van der Waals surface area (Å²) in [5, 5.41) is 8.45. The zero-order valence-corrected chi connectivity index (χ0v) is 19.6. The van der Waals surface area contributed by atoms with E-state index >= 15 is 0 Å². The molecule has 11 heteroatoms. The van der Waals surface area contributed by atoms with Gasteiger partial charge in [0.2, 0.25) is 15.9 Å². The molecule has 170 valence electrons. The first-order valence-corrected chi connectivity index (χ1v) is 12.6. The van der Waals surface area contributed by atoms with E-state index in [1.807, 2.05) is 19.0 Å². The van der Waals surface area contributed by atoms with E-state index in [9.17, 15) is 18.0 Å². The Bertz CT molecular complexity index is 1340. The highest BCUT2D eigenvalue weighted by Crippen LogP contribution is 2.33. The van der Waals surface area contributed by atoms with E-state index in [-0.39, 0.29) is 17.0 Å². The number of nitrogens with zero attached hydrogens (tertiary/aromatic N) is 3. The zero-order chi connectivity index (χ0) is 23.0. The average Bonchev–Trinajstić information content (AvgIpc) is 3.08. The number of hydrogen-bond donors (Lipinski definition) is 2. The number of primary sulfonamides is 1. The van der Waals surface area contributed by atoms with Crippen molar-refractivity contribution >= 4 is 43.2 Å². The lowest BCUT2D eigenvalue weighted by molar-refractivity contribution is -0.116. The number of rotatable bonds is 6. The highest BCUT2D eigenvalue weighted by molar-refractivity contribution is 7.89. The van der Waals surface area contributed by atoms with Gasteiger partial charge in [-0.1, -0.05) is 0 Å². The SMILES string of the molecule is CN(C)Cc1nc2sc3c(c2c(=O)n1CC(=O)Nc1ccc(S(N)(=O)=O)cc1)CCCC3. The van der Waals surface area contributed by atoms with Crippen LogP contribution in [0.4, 0.5) is 5.69 Å². The van der Waals surface area contributed by atoms with Crippen LogP contribution >= 0.6 is 11.3 Å². The van der Waals surface area contributed by atoms with Crippen LogP contribution in [0.3, 0.4) is 0 Å². The van der Waals surface area contributed by atoms with Crippen LogP contribution in [0.5, 0.6) is 0 Å². The number of aromatic nitrogens is 2. The van der Waals surface area contributed by atoms with Crippen LogP contribution in [0, 0.1) is 0 Å². The molecule has 0 saturated carbocycles. The number of aryl methyl sites for hydroxylation is 2. The number of anilines is 1. The Balaban J connectivity index is 1.67. The maximum Gasteiger partial charge on any atom is 0.263 e. The van der Waals surface area contributed by atoms with Gasteiger partial charge in [0.05, 0.1) is 16.8 Å². The quantitative estimate of drug-likeness (QED) is 0.558. The van der Waals surface area contributed by atoms with E-state index in [0.717, 1.165) is 36.1 Å². The minimum absolute atomic E-state index is 0.0446. The van der Waals surface area contributed by atoms with Crippen molar-refractivity contribution < 1.29 is 13.2 Å². The molecule has 1 aliphatic carbocycles. The number of fused-ring (bicyclic) bond motifs is 3. The predicted octanol–water partition coefficient (Wildman–Crippen LogP) is 1.68. The summed E-state index contributed by atoms with van der Waals surface area (Å²) >= 11 is 1.59. The third kappa shape index (κ3) is 4.60. The summed E-state index contributed by atoms with van der Waals surface area (Å²) in [6.07, 6.45) is 3.99. The summed E-state index contributed by atoms with van der Waals surface area (Å²) in [5.74, 6) is 0.131. The van der Waals surface area contributed by atoms with Gasteiger partial charge in [0.25, 0.3) is 5.56 Å². The molecule has 1 aliphatic rings. The Labute approximate surface area is 189 Å². The van der Waals surface area contributed by atoms with Crippen molar-refractivity contribution in [3.8, 4) is 0 Å². The molecule has 0 aliphatic heterocycles. The summed E-state index contributed by atoms with van der Waals surface area (Å²) in [7, 11) is -0.0480. The van der Waals surface area contributed by atoms with Crippen molar-refractivity contribution in [2.45, 2.75) is 43.7 Å². The van der Waals surface area contributed by atoms with Crippen molar-refractivity contribution in [3.05, 3.63) is 50.9 Å². The lowest BCUT2D eigenvalue weighted by Gasteiger charge is -2.16. The van der Waals surface area contributed by atoms with E-state index in [0.29, 0.717) is 23.4 Å². The van der Waals surface area contributed by atoms with Crippen LogP contribution in [0.1, 0.15) is 29.1 Å². The first kappa shape index (κ1) is 22.6. The molecule has 3 aromatic rings. The second kappa shape index (κ2) is 8.74. The molecular weight excluding hydrogens is 450 g/mol. The third-order valence-electron chi connectivity index (χ3n) is 5.38. The molecule has 32 heavy (non-hydrogen) atoms. The van der Waals surface area contributed by atoms with Gasteiger partial charge in [0.1, 0.15) is 17.2 Å². The molecule has 0 spiro atoms. The molecule has 1 aromatic carbocycles. The third-order valence-corrected chi connectivity index (χ3v) is 7.49.